The van der Waals surface area contributed by atoms with E-state index in [1.807, 2.05) is 23.9 Å². The highest BCUT2D eigenvalue weighted by atomic mass is 32.1. The summed E-state index contributed by atoms with van der Waals surface area (Å²) in [6, 6.07) is 0. The van der Waals surface area contributed by atoms with Crippen molar-refractivity contribution in [3.05, 3.63) is 15.9 Å². The van der Waals surface area contributed by atoms with Crippen LogP contribution in [0, 0.1) is 12.3 Å². The largest absolute Gasteiger partial charge is 0.325 e. The van der Waals surface area contributed by atoms with Gasteiger partial charge in [-0.3, -0.25) is 5.41 Å². The van der Waals surface area contributed by atoms with Crippen LogP contribution in [0.4, 0.5) is 0 Å². The van der Waals surface area contributed by atoms with E-state index < -0.39 is 0 Å². The SMILES string of the molecule is Cc1csc(=N)n1C. The molecular weight excluding hydrogens is 120 g/mol. The van der Waals surface area contributed by atoms with Gasteiger partial charge in [-0.25, -0.2) is 0 Å². The van der Waals surface area contributed by atoms with Gasteiger partial charge in [0, 0.05) is 18.1 Å². The summed E-state index contributed by atoms with van der Waals surface area (Å²) in [5.41, 5.74) is 1.15. The zero-order valence-electron chi connectivity index (χ0n) is 4.93. The Bertz CT molecular complexity index is 233. The third kappa shape index (κ3) is 0.690. The zero-order chi connectivity index (χ0) is 6.15. The number of hydrogen-bond acceptors (Lipinski definition) is 2. The van der Waals surface area contributed by atoms with Crippen molar-refractivity contribution in [3.8, 4) is 0 Å². The Labute approximate surface area is 51.9 Å². The molecule has 8 heavy (non-hydrogen) atoms. The van der Waals surface area contributed by atoms with Crippen LogP contribution in [0.1, 0.15) is 5.69 Å². The lowest BCUT2D eigenvalue weighted by molar-refractivity contribution is 0.821. The van der Waals surface area contributed by atoms with Crippen molar-refractivity contribution in [2.24, 2.45) is 7.05 Å². The molecule has 3 heteroatoms. The van der Waals surface area contributed by atoms with E-state index in [-0.39, 0.29) is 0 Å². The van der Waals surface area contributed by atoms with Gasteiger partial charge in [0.05, 0.1) is 0 Å². The number of thiazole rings is 1. The molecule has 0 bridgehead atoms. The molecule has 1 aromatic heterocycles. The van der Waals surface area contributed by atoms with Crippen LogP contribution < -0.4 is 4.80 Å². The Morgan fingerprint density at radius 1 is 1.75 bits per heavy atom. The molecule has 0 aliphatic heterocycles. The molecule has 1 heterocycles. The molecule has 1 rings (SSSR count). The Balaban J connectivity index is 3.41. The average molecular weight is 128 g/mol. The number of hydrogen-bond donors (Lipinski definition) is 1. The second-order valence-electron chi connectivity index (χ2n) is 1.74. The molecule has 0 unspecified atom stereocenters. The lowest BCUT2D eigenvalue weighted by Gasteiger charge is -1.89. The second-order valence-corrected chi connectivity index (χ2v) is 2.60. The van der Waals surface area contributed by atoms with Crippen LogP contribution in [0.2, 0.25) is 0 Å². The van der Waals surface area contributed by atoms with E-state index in [0.717, 1.165) is 5.69 Å². The van der Waals surface area contributed by atoms with Crippen molar-refractivity contribution in [1.29, 1.82) is 5.41 Å². The van der Waals surface area contributed by atoms with Gasteiger partial charge >= 0.3 is 0 Å². The smallest absolute Gasteiger partial charge is 0.181 e. The van der Waals surface area contributed by atoms with Crippen LogP contribution >= 0.6 is 11.3 Å². The van der Waals surface area contributed by atoms with Crippen LogP contribution in [0.5, 0.6) is 0 Å². The fourth-order valence-corrected chi connectivity index (χ4v) is 1.20. The maximum Gasteiger partial charge on any atom is 0.181 e. The van der Waals surface area contributed by atoms with E-state index >= 15 is 0 Å². The first-order chi connectivity index (χ1) is 3.72. The van der Waals surface area contributed by atoms with Gasteiger partial charge in [0.15, 0.2) is 4.80 Å². The maximum atomic E-state index is 7.22. The fraction of sp³-hybridized carbons (Fsp3) is 0.400. The summed E-state index contributed by atoms with van der Waals surface area (Å²) in [6.45, 7) is 1.99. The zero-order valence-corrected chi connectivity index (χ0v) is 5.75. The van der Waals surface area contributed by atoms with E-state index in [1.54, 1.807) is 0 Å². The minimum atomic E-state index is 0.613. The predicted molar refractivity (Wildman–Crippen MR) is 33.9 cm³/mol. The third-order valence-corrected chi connectivity index (χ3v) is 2.13. The number of nitrogens with one attached hydrogen (secondary N) is 1. The van der Waals surface area contributed by atoms with Gasteiger partial charge in [0.2, 0.25) is 0 Å². The summed E-state index contributed by atoms with van der Waals surface area (Å²) in [7, 11) is 1.90. The van der Waals surface area contributed by atoms with Crippen molar-refractivity contribution in [1.82, 2.24) is 4.57 Å². The molecule has 0 saturated heterocycles. The minimum absolute atomic E-state index is 0.613. The van der Waals surface area contributed by atoms with Crippen molar-refractivity contribution < 1.29 is 0 Å². The standard InChI is InChI=1S/C5H8N2S/c1-4-3-8-5(6)7(4)2/h3,6H,1-2H3. The first kappa shape index (κ1) is 5.56. The average Bonchev–Trinajstić information content (AvgIpc) is 1.98. The third-order valence-electron chi connectivity index (χ3n) is 1.17. The normalized spacial score (nSPS) is 9.75. The van der Waals surface area contributed by atoms with Crippen molar-refractivity contribution in [3.63, 3.8) is 0 Å². The summed E-state index contributed by atoms with van der Waals surface area (Å²) in [5, 5.41) is 9.20. The molecule has 0 aromatic carbocycles. The van der Waals surface area contributed by atoms with Gasteiger partial charge in [-0.2, -0.15) is 0 Å². The van der Waals surface area contributed by atoms with Gasteiger partial charge in [-0.1, -0.05) is 0 Å². The molecule has 0 fully saturated rings. The van der Waals surface area contributed by atoms with Crippen LogP contribution in [0.3, 0.4) is 0 Å². The molecule has 0 aliphatic rings. The highest BCUT2D eigenvalue weighted by Gasteiger charge is 1.89. The van der Waals surface area contributed by atoms with Gasteiger partial charge < -0.3 is 4.57 Å². The van der Waals surface area contributed by atoms with Crippen LogP contribution in [-0.2, 0) is 7.05 Å². The van der Waals surface area contributed by atoms with E-state index in [4.69, 9.17) is 5.41 Å². The second kappa shape index (κ2) is 1.74. The van der Waals surface area contributed by atoms with Crippen LogP contribution in [-0.4, -0.2) is 4.57 Å². The van der Waals surface area contributed by atoms with Gasteiger partial charge in [-0.15, -0.1) is 11.3 Å². The molecule has 0 atom stereocenters. The fourth-order valence-electron chi connectivity index (χ4n) is 0.459. The van der Waals surface area contributed by atoms with Crippen LogP contribution in [0.15, 0.2) is 5.38 Å². The Morgan fingerprint density at radius 2 is 2.38 bits per heavy atom. The summed E-state index contributed by atoms with van der Waals surface area (Å²) in [4.78, 5) is 0.613. The monoisotopic (exact) mass is 128 g/mol. The highest BCUT2D eigenvalue weighted by Crippen LogP contribution is 1.94. The summed E-state index contributed by atoms with van der Waals surface area (Å²) >= 11 is 1.46. The van der Waals surface area contributed by atoms with E-state index in [1.165, 1.54) is 11.3 Å². The molecule has 0 saturated carbocycles. The van der Waals surface area contributed by atoms with E-state index in [0.29, 0.717) is 4.80 Å². The number of nitrogens with zero attached hydrogens (tertiary/aromatic N) is 1. The quantitative estimate of drug-likeness (QED) is 0.537. The summed E-state index contributed by atoms with van der Waals surface area (Å²) in [5.74, 6) is 0. The predicted octanol–water partition coefficient (Wildman–Crippen LogP) is 0.874. The highest BCUT2D eigenvalue weighted by molar-refractivity contribution is 7.07. The van der Waals surface area contributed by atoms with Gasteiger partial charge in [0.1, 0.15) is 0 Å². The lowest BCUT2D eigenvalue weighted by Crippen LogP contribution is -2.08. The summed E-state index contributed by atoms with van der Waals surface area (Å²) < 4.78 is 1.85. The molecule has 0 amide bonds. The van der Waals surface area contributed by atoms with Crippen LogP contribution in [0.25, 0.3) is 0 Å². The minimum Gasteiger partial charge on any atom is -0.325 e. The Kier molecular flexibility index (Phi) is 1.21. The van der Waals surface area contributed by atoms with E-state index in [9.17, 15) is 0 Å². The molecule has 1 aromatic rings. The Morgan fingerprint density at radius 3 is 2.50 bits per heavy atom. The maximum absolute atomic E-state index is 7.22. The van der Waals surface area contributed by atoms with Crippen molar-refractivity contribution in [2.75, 3.05) is 0 Å². The topological polar surface area (TPSA) is 28.8 Å². The lowest BCUT2D eigenvalue weighted by atomic mass is 10.6. The first-order valence-corrected chi connectivity index (χ1v) is 3.25. The van der Waals surface area contributed by atoms with Crippen molar-refractivity contribution in [2.45, 2.75) is 6.92 Å². The molecule has 0 aliphatic carbocycles. The molecule has 2 nitrogen and oxygen atoms in total. The summed E-state index contributed by atoms with van der Waals surface area (Å²) in [6.07, 6.45) is 0. The Hall–Kier alpha value is -0.570. The molecule has 1 N–H and O–H groups in total. The molecule has 0 spiro atoms. The molecular formula is C5H8N2S. The van der Waals surface area contributed by atoms with Crippen molar-refractivity contribution >= 4 is 11.3 Å². The number of aryl methyl sites for hydroxylation is 1. The molecule has 44 valence electrons. The van der Waals surface area contributed by atoms with Gasteiger partial charge in [0.25, 0.3) is 0 Å². The van der Waals surface area contributed by atoms with E-state index in [2.05, 4.69) is 0 Å². The van der Waals surface area contributed by atoms with Gasteiger partial charge in [-0.05, 0) is 6.92 Å². The number of aromatic nitrogens is 1. The molecule has 0 radical (unpaired) electrons. The first-order valence-electron chi connectivity index (χ1n) is 2.37. The number of rotatable bonds is 0.